The van der Waals surface area contributed by atoms with E-state index in [0.717, 1.165) is 32.1 Å². The second-order valence-corrected chi connectivity index (χ2v) is 7.31. The average molecular weight is 377 g/mol. The number of para-hydroxylation sites is 1. The van der Waals surface area contributed by atoms with E-state index in [4.69, 9.17) is 5.73 Å². The lowest BCUT2D eigenvalue weighted by atomic mass is 9.88. The molecule has 2 aliphatic rings. The first-order chi connectivity index (χ1) is 12.9. The summed E-state index contributed by atoms with van der Waals surface area (Å²) in [6, 6.07) is 7.20. The predicted octanol–water partition coefficient (Wildman–Crippen LogP) is 3.32. The molecular formula is C19H22F3N5. The van der Waals surface area contributed by atoms with Gasteiger partial charge in [-0.25, -0.2) is 9.97 Å². The molecule has 2 heterocycles. The summed E-state index contributed by atoms with van der Waals surface area (Å²) in [6.07, 6.45) is -0.490. The smallest absolute Gasteiger partial charge is 0.398 e. The van der Waals surface area contributed by atoms with E-state index >= 15 is 0 Å². The van der Waals surface area contributed by atoms with E-state index in [1.807, 2.05) is 0 Å². The monoisotopic (exact) mass is 377 g/mol. The van der Waals surface area contributed by atoms with Crippen LogP contribution in [0.1, 0.15) is 42.5 Å². The van der Waals surface area contributed by atoms with E-state index in [0.29, 0.717) is 24.1 Å². The van der Waals surface area contributed by atoms with Crippen LogP contribution >= 0.6 is 0 Å². The van der Waals surface area contributed by atoms with Crippen LogP contribution in [0.4, 0.5) is 24.8 Å². The van der Waals surface area contributed by atoms with Gasteiger partial charge in [0.15, 0.2) is 0 Å². The van der Waals surface area contributed by atoms with Crippen LogP contribution < -0.4 is 16.4 Å². The number of hydrogen-bond acceptors (Lipinski definition) is 5. The Kier molecular flexibility index (Phi) is 4.46. The lowest BCUT2D eigenvalue weighted by Crippen LogP contribution is -2.39. The minimum atomic E-state index is -4.51. The Balaban J connectivity index is 1.75. The van der Waals surface area contributed by atoms with E-state index < -0.39 is 17.2 Å². The van der Waals surface area contributed by atoms with Crippen LogP contribution in [0.15, 0.2) is 30.5 Å². The van der Waals surface area contributed by atoms with Gasteiger partial charge in [-0.15, -0.1) is 0 Å². The van der Waals surface area contributed by atoms with Crippen molar-refractivity contribution >= 4 is 11.6 Å². The van der Waals surface area contributed by atoms with Gasteiger partial charge in [0.05, 0.1) is 11.3 Å². The van der Waals surface area contributed by atoms with E-state index in [9.17, 15) is 13.2 Å². The third-order valence-corrected chi connectivity index (χ3v) is 5.40. The Hall–Kier alpha value is -2.35. The van der Waals surface area contributed by atoms with Crippen LogP contribution in [-0.4, -0.2) is 29.1 Å². The Labute approximate surface area is 155 Å². The van der Waals surface area contributed by atoms with E-state index in [1.165, 1.54) is 0 Å². The molecule has 2 fully saturated rings. The SMILES string of the molecule is Nc1ccccc1C1(c2nc(NC3CCCNC3)ncc2C(F)(F)F)CC1. The molecule has 4 rings (SSSR count). The van der Waals surface area contributed by atoms with Gasteiger partial charge in [0.25, 0.3) is 0 Å². The molecule has 27 heavy (non-hydrogen) atoms. The minimum absolute atomic E-state index is 0.0224. The third-order valence-electron chi connectivity index (χ3n) is 5.40. The molecular weight excluding hydrogens is 355 g/mol. The molecule has 1 aliphatic carbocycles. The van der Waals surface area contributed by atoms with Gasteiger partial charge in [0.2, 0.25) is 5.95 Å². The highest BCUT2D eigenvalue weighted by Gasteiger charge is 2.53. The first-order valence-corrected chi connectivity index (χ1v) is 9.17. The maximum absolute atomic E-state index is 13.7. The maximum Gasteiger partial charge on any atom is 0.419 e. The zero-order valence-corrected chi connectivity index (χ0v) is 14.8. The van der Waals surface area contributed by atoms with Crippen molar-refractivity contribution in [3.63, 3.8) is 0 Å². The molecule has 4 N–H and O–H groups in total. The molecule has 0 bridgehead atoms. The fraction of sp³-hybridized carbons (Fsp3) is 0.474. The number of piperidine rings is 1. The molecule has 8 heteroatoms. The fourth-order valence-electron chi connectivity index (χ4n) is 3.87. The van der Waals surface area contributed by atoms with Gasteiger partial charge >= 0.3 is 6.18 Å². The van der Waals surface area contributed by atoms with Crippen molar-refractivity contribution in [3.8, 4) is 0 Å². The minimum Gasteiger partial charge on any atom is -0.398 e. The van der Waals surface area contributed by atoms with E-state index in [1.54, 1.807) is 24.3 Å². The van der Waals surface area contributed by atoms with Gasteiger partial charge in [-0.2, -0.15) is 13.2 Å². The second-order valence-electron chi connectivity index (χ2n) is 7.31. The van der Waals surface area contributed by atoms with Crippen molar-refractivity contribution < 1.29 is 13.2 Å². The number of alkyl halides is 3. The van der Waals surface area contributed by atoms with Crippen LogP contribution in [0.25, 0.3) is 0 Å². The lowest BCUT2D eigenvalue weighted by molar-refractivity contribution is -0.139. The number of halogens is 3. The Morgan fingerprint density at radius 1 is 1.22 bits per heavy atom. The number of nitrogens with one attached hydrogen (secondary N) is 2. The van der Waals surface area contributed by atoms with E-state index in [2.05, 4.69) is 20.6 Å². The third kappa shape index (κ3) is 3.45. The molecule has 1 saturated heterocycles. The molecule has 1 aliphatic heterocycles. The summed E-state index contributed by atoms with van der Waals surface area (Å²) in [6.45, 7) is 1.70. The number of hydrogen-bond donors (Lipinski definition) is 3. The van der Waals surface area contributed by atoms with Gasteiger partial charge in [0.1, 0.15) is 0 Å². The van der Waals surface area contributed by atoms with Gasteiger partial charge in [-0.05, 0) is 43.9 Å². The molecule has 1 aromatic heterocycles. The molecule has 5 nitrogen and oxygen atoms in total. The highest BCUT2D eigenvalue weighted by atomic mass is 19.4. The zero-order chi connectivity index (χ0) is 19.1. The number of nitrogen functional groups attached to an aromatic ring is 1. The van der Waals surface area contributed by atoms with Gasteiger partial charge in [0, 0.05) is 29.9 Å². The summed E-state index contributed by atoms with van der Waals surface area (Å²) < 4.78 is 41.0. The number of aromatic nitrogens is 2. The van der Waals surface area contributed by atoms with Gasteiger partial charge in [-0.1, -0.05) is 18.2 Å². The lowest BCUT2D eigenvalue weighted by Gasteiger charge is -2.26. The topological polar surface area (TPSA) is 75.9 Å². The summed E-state index contributed by atoms with van der Waals surface area (Å²) in [5.41, 5.74) is 5.73. The summed E-state index contributed by atoms with van der Waals surface area (Å²) >= 11 is 0. The normalized spacial score (nSPS) is 21.7. The highest BCUT2D eigenvalue weighted by molar-refractivity contribution is 5.58. The molecule has 144 valence electrons. The molecule has 1 unspecified atom stereocenters. The molecule has 2 aromatic rings. The zero-order valence-electron chi connectivity index (χ0n) is 14.8. The van der Waals surface area contributed by atoms with Gasteiger partial charge in [-0.3, -0.25) is 0 Å². The standard InChI is InChI=1S/C19H22F3N5/c20-19(21,22)14-11-25-17(26-12-4-3-9-24-10-12)27-16(14)18(7-8-18)13-5-1-2-6-15(13)23/h1-2,5-6,11-12,24H,3-4,7-10,23H2,(H,25,26,27). The fourth-order valence-corrected chi connectivity index (χ4v) is 3.87. The number of nitrogens with zero attached hydrogens (tertiary/aromatic N) is 2. The van der Waals surface area contributed by atoms with Crippen molar-refractivity contribution in [2.75, 3.05) is 24.1 Å². The van der Waals surface area contributed by atoms with Crippen LogP contribution in [0, 0.1) is 0 Å². The van der Waals surface area contributed by atoms with Crippen LogP contribution in [-0.2, 0) is 11.6 Å². The highest BCUT2D eigenvalue weighted by Crippen LogP contribution is 2.56. The molecule has 1 atom stereocenters. The molecule has 0 spiro atoms. The predicted molar refractivity (Wildman–Crippen MR) is 97.4 cm³/mol. The van der Waals surface area contributed by atoms with Crippen molar-refractivity contribution in [2.45, 2.75) is 43.3 Å². The number of rotatable bonds is 4. The molecule has 0 radical (unpaired) electrons. The number of anilines is 2. The van der Waals surface area contributed by atoms with Crippen LogP contribution in [0.2, 0.25) is 0 Å². The van der Waals surface area contributed by atoms with E-state index in [-0.39, 0.29) is 17.7 Å². The van der Waals surface area contributed by atoms with Crippen molar-refractivity contribution in [3.05, 3.63) is 47.3 Å². The summed E-state index contributed by atoms with van der Waals surface area (Å²) in [5.74, 6) is 0.243. The Morgan fingerprint density at radius 3 is 2.63 bits per heavy atom. The molecule has 1 saturated carbocycles. The largest absolute Gasteiger partial charge is 0.419 e. The Bertz CT molecular complexity index is 826. The first-order valence-electron chi connectivity index (χ1n) is 9.17. The van der Waals surface area contributed by atoms with Crippen molar-refractivity contribution in [1.82, 2.24) is 15.3 Å². The maximum atomic E-state index is 13.7. The average Bonchev–Trinajstić information content (AvgIpc) is 3.44. The molecule has 0 amide bonds. The number of benzene rings is 1. The summed E-state index contributed by atoms with van der Waals surface area (Å²) in [5, 5.41) is 6.45. The summed E-state index contributed by atoms with van der Waals surface area (Å²) in [7, 11) is 0. The van der Waals surface area contributed by atoms with Crippen LogP contribution in [0.5, 0.6) is 0 Å². The van der Waals surface area contributed by atoms with Crippen molar-refractivity contribution in [1.29, 1.82) is 0 Å². The quantitative estimate of drug-likeness (QED) is 0.713. The number of nitrogens with two attached hydrogens (primary N) is 1. The Morgan fingerprint density at radius 2 is 2.00 bits per heavy atom. The second kappa shape index (κ2) is 6.67. The first kappa shape index (κ1) is 18.0. The van der Waals surface area contributed by atoms with Crippen molar-refractivity contribution in [2.24, 2.45) is 0 Å². The van der Waals surface area contributed by atoms with Gasteiger partial charge < -0.3 is 16.4 Å². The van der Waals surface area contributed by atoms with Crippen LogP contribution in [0.3, 0.4) is 0 Å². The molecule has 1 aromatic carbocycles. The summed E-state index contributed by atoms with van der Waals surface area (Å²) in [4.78, 5) is 8.32.